The lowest BCUT2D eigenvalue weighted by Gasteiger charge is -2.21. The molecule has 0 radical (unpaired) electrons. The van der Waals surface area contributed by atoms with E-state index < -0.39 is 0 Å². The molecular weight excluding hydrogens is 362 g/mol. The fraction of sp³-hybridized carbons (Fsp3) is 0.812. The maximum Gasteiger partial charge on any atom is 0.236 e. The third kappa shape index (κ3) is 6.13. The smallest absolute Gasteiger partial charge is 0.236 e. The molecular formula is C16H28ClN5O2S. The largest absolute Gasteiger partial charge is 0.377 e. The molecule has 2 N–H and O–H groups in total. The molecule has 3 heterocycles. The second kappa shape index (κ2) is 10.4. The highest BCUT2D eigenvalue weighted by Crippen LogP contribution is 2.23. The van der Waals surface area contributed by atoms with E-state index in [4.69, 9.17) is 4.74 Å². The molecule has 3 rings (SSSR count). The fourth-order valence-electron chi connectivity index (χ4n) is 3.15. The van der Waals surface area contributed by atoms with Gasteiger partial charge in [-0.05, 0) is 45.2 Å². The first-order valence-corrected chi connectivity index (χ1v) is 9.98. The Morgan fingerprint density at radius 2 is 2.16 bits per heavy atom. The zero-order valence-corrected chi connectivity index (χ0v) is 16.3. The number of aromatic nitrogens is 3. The van der Waals surface area contributed by atoms with Crippen LogP contribution in [0.3, 0.4) is 0 Å². The van der Waals surface area contributed by atoms with Crippen LogP contribution in [0, 0.1) is 0 Å². The molecule has 9 heteroatoms. The van der Waals surface area contributed by atoms with Crippen molar-refractivity contribution >= 4 is 36.0 Å². The Balaban J connectivity index is 0.00000225. The predicted molar refractivity (Wildman–Crippen MR) is 103 cm³/mol. The van der Waals surface area contributed by atoms with E-state index in [0.29, 0.717) is 23.7 Å². The van der Waals surface area contributed by atoms with E-state index in [1.807, 2.05) is 7.05 Å². The summed E-state index contributed by atoms with van der Waals surface area (Å²) in [6, 6.07) is 0. The van der Waals surface area contributed by atoms with Crippen LogP contribution in [-0.2, 0) is 16.6 Å². The fourth-order valence-corrected chi connectivity index (χ4v) is 4.05. The minimum Gasteiger partial charge on any atom is -0.377 e. The van der Waals surface area contributed by atoms with E-state index >= 15 is 0 Å². The predicted octanol–water partition coefficient (Wildman–Crippen LogP) is 1.94. The van der Waals surface area contributed by atoms with Gasteiger partial charge in [0.15, 0.2) is 5.82 Å². The Bertz CT molecular complexity index is 545. The number of rotatable bonds is 6. The van der Waals surface area contributed by atoms with Crippen LogP contribution in [0.5, 0.6) is 0 Å². The molecule has 0 spiro atoms. The number of halogens is 1. The number of carbonyl (C=O) groups excluding carboxylic acids is 1. The maximum atomic E-state index is 12.1. The first-order valence-electron chi connectivity index (χ1n) is 8.83. The van der Waals surface area contributed by atoms with Gasteiger partial charge in [-0.1, -0.05) is 0 Å². The molecule has 2 aliphatic rings. The molecule has 0 bridgehead atoms. The minimum atomic E-state index is -0.0248. The molecule has 1 aromatic rings. The maximum absolute atomic E-state index is 12.1. The van der Waals surface area contributed by atoms with E-state index in [1.165, 1.54) is 6.42 Å². The van der Waals surface area contributed by atoms with E-state index in [0.717, 1.165) is 57.0 Å². The summed E-state index contributed by atoms with van der Waals surface area (Å²) in [6.07, 6.45) is 5.90. The number of aryl methyl sites for hydroxylation is 1. The molecule has 1 aromatic heterocycles. The van der Waals surface area contributed by atoms with Gasteiger partial charge in [0.05, 0.1) is 11.9 Å². The molecule has 1 atom stereocenters. The van der Waals surface area contributed by atoms with Crippen LogP contribution in [0.25, 0.3) is 0 Å². The van der Waals surface area contributed by atoms with Gasteiger partial charge in [0.25, 0.3) is 0 Å². The van der Waals surface area contributed by atoms with Gasteiger partial charge in [-0.3, -0.25) is 10.1 Å². The van der Waals surface area contributed by atoms with Crippen molar-refractivity contribution in [2.24, 2.45) is 7.05 Å². The quantitative estimate of drug-likeness (QED) is 0.773. The van der Waals surface area contributed by atoms with Gasteiger partial charge in [-0.25, -0.2) is 4.68 Å². The normalized spacial score (nSPS) is 21.6. The third-order valence-corrected chi connectivity index (χ3v) is 5.62. The summed E-state index contributed by atoms with van der Waals surface area (Å²) < 4.78 is 7.35. The Labute approximate surface area is 159 Å². The van der Waals surface area contributed by atoms with Gasteiger partial charge in [-0.2, -0.15) is 10.1 Å². The number of ether oxygens (including phenoxy) is 1. The molecule has 7 nitrogen and oxygen atoms in total. The molecule has 142 valence electrons. The van der Waals surface area contributed by atoms with Crippen LogP contribution < -0.4 is 10.6 Å². The van der Waals surface area contributed by atoms with E-state index in [2.05, 4.69) is 20.7 Å². The molecule has 1 unspecified atom stereocenters. The molecule has 0 aromatic carbocycles. The number of nitrogens with one attached hydrogen (secondary N) is 2. The van der Waals surface area contributed by atoms with Crippen molar-refractivity contribution in [2.45, 2.75) is 44.1 Å². The number of anilines is 1. The number of hydrogen-bond acceptors (Lipinski definition) is 6. The first kappa shape index (κ1) is 20.5. The van der Waals surface area contributed by atoms with Crippen LogP contribution in [0.4, 0.5) is 5.95 Å². The Morgan fingerprint density at radius 3 is 2.88 bits per heavy atom. The summed E-state index contributed by atoms with van der Waals surface area (Å²) in [5.41, 5.74) is 0. The monoisotopic (exact) mass is 389 g/mol. The highest BCUT2D eigenvalue weighted by Gasteiger charge is 2.21. The number of nitrogens with zero attached hydrogens (tertiary/aromatic N) is 3. The zero-order chi connectivity index (χ0) is 16.8. The molecule has 25 heavy (non-hydrogen) atoms. The Hall–Kier alpha value is -0.830. The van der Waals surface area contributed by atoms with Gasteiger partial charge in [0.2, 0.25) is 11.9 Å². The second-order valence-electron chi connectivity index (χ2n) is 6.49. The van der Waals surface area contributed by atoms with Gasteiger partial charge in [-0.15, -0.1) is 24.2 Å². The summed E-state index contributed by atoms with van der Waals surface area (Å²) in [6.45, 7) is 2.87. The van der Waals surface area contributed by atoms with Crippen molar-refractivity contribution in [1.29, 1.82) is 0 Å². The molecule has 1 amide bonds. The van der Waals surface area contributed by atoms with Crippen molar-refractivity contribution < 1.29 is 9.53 Å². The van der Waals surface area contributed by atoms with E-state index in [-0.39, 0.29) is 18.3 Å². The van der Waals surface area contributed by atoms with Crippen LogP contribution in [0.1, 0.15) is 43.8 Å². The summed E-state index contributed by atoms with van der Waals surface area (Å²) in [4.78, 5) is 16.7. The second-order valence-corrected chi connectivity index (χ2v) is 7.52. The topological polar surface area (TPSA) is 81.1 Å². The lowest BCUT2D eigenvalue weighted by molar-refractivity contribution is -0.113. The highest BCUT2D eigenvalue weighted by atomic mass is 35.5. The molecule has 2 fully saturated rings. The highest BCUT2D eigenvalue weighted by molar-refractivity contribution is 8.00. The van der Waals surface area contributed by atoms with Crippen molar-refractivity contribution in [3.05, 3.63) is 5.82 Å². The Kier molecular flexibility index (Phi) is 8.48. The minimum absolute atomic E-state index is 0. The van der Waals surface area contributed by atoms with E-state index in [1.54, 1.807) is 16.4 Å². The van der Waals surface area contributed by atoms with Gasteiger partial charge >= 0.3 is 0 Å². The lowest BCUT2D eigenvalue weighted by Crippen LogP contribution is -2.27. The van der Waals surface area contributed by atoms with Crippen LogP contribution in [0.2, 0.25) is 0 Å². The standard InChI is InChI=1S/C16H27N5O2S.ClH/c1-21-16(19-15(20-21)12-5-7-17-8-6-12)18-14(22)11-24-10-13-4-2-3-9-23-13;/h12-13,17H,2-11H2,1H3,(H,18,19,20,22);1H. The average molecular weight is 390 g/mol. The number of thioether (sulfide) groups is 1. The van der Waals surface area contributed by atoms with E-state index in [9.17, 15) is 4.79 Å². The van der Waals surface area contributed by atoms with Crippen LogP contribution in [-0.4, -0.2) is 58.0 Å². The van der Waals surface area contributed by atoms with Gasteiger partial charge in [0.1, 0.15) is 0 Å². The van der Waals surface area contributed by atoms with Gasteiger partial charge in [0, 0.05) is 25.3 Å². The number of piperidine rings is 1. The summed E-state index contributed by atoms with van der Waals surface area (Å²) >= 11 is 1.63. The van der Waals surface area contributed by atoms with Crippen LogP contribution in [0.15, 0.2) is 0 Å². The van der Waals surface area contributed by atoms with Crippen molar-refractivity contribution in [2.75, 3.05) is 36.5 Å². The molecule has 2 aliphatic heterocycles. The van der Waals surface area contributed by atoms with Gasteiger partial charge < -0.3 is 10.1 Å². The molecule has 0 aliphatic carbocycles. The number of carbonyl (C=O) groups is 1. The van der Waals surface area contributed by atoms with Crippen LogP contribution >= 0.6 is 24.2 Å². The SMILES string of the molecule is Cl.Cn1nc(C2CCNCC2)nc1NC(=O)CSCC1CCCCO1. The first-order chi connectivity index (χ1) is 11.7. The molecule has 2 saturated heterocycles. The lowest BCUT2D eigenvalue weighted by atomic mass is 9.98. The summed E-state index contributed by atoms with van der Waals surface area (Å²) in [5.74, 6) is 3.06. The average Bonchev–Trinajstić information content (AvgIpc) is 2.97. The zero-order valence-electron chi connectivity index (χ0n) is 14.7. The number of amides is 1. The summed E-state index contributed by atoms with van der Waals surface area (Å²) in [7, 11) is 1.83. The Morgan fingerprint density at radius 1 is 1.36 bits per heavy atom. The number of hydrogen-bond donors (Lipinski definition) is 2. The third-order valence-electron chi connectivity index (χ3n) is 4.55. The van der Waals surface area contributed by atoms with Crippen molar-refractivity contribution in [1.82, 2.24) is 20.1 Å². The van der Waals surface area contributed by atoms with Crippen molar-refractivity contribution in [3.8, 4) is 0 Å². The summed E-state index contributed by atoms with van der Waals surface area (Å²) in [5, 5.41) is 10.7. The van der Waals surface area contributed by atoms with Crippen molar-refractivity contribution in [3.63, 3.8) is 0 Å². The molecule has 0 saturated carbocycles.